The largest absolute Gasteiger partial charge is 0.466 e. The predicted octanol–water partition coefficient (Wildman–Crippen LogP) is 0.0434. The lowest BCUT2D eigenvalue weighted by atomic mass is 9.66. The minimum atomic E-state index is -1.08. The first-order chi connectivity index (χ1) is 16.8. The molecule has 4 rings (SSSR count). The third kappa shape index (κ3) is 4.50. The number of likely N-dealkylation sites (tertiary alicyclic amines) is 1. The molecule has 0 aromatic carbocycles. The van der Waals surface area contributed by atoms with Crippen LogP contribution in [0, 0.1) is 11.8 Å². The SMILES string of the molecule is C=CCN(CCN1CCOCC1)C(=O)C1N(CCCO)C(=O)[C@@H]2[C@H](C(=O)OCC)[C@]3(C)CCC12O3. The number of hydrogen-bond donors (Lipinski definition) is 1. The molecule has 1 spiro atoms. The molecule has 0 radical (unpaired) electrons. The Labute approximate surface area is 207 Å². The normalized spacial score (nSPS) is 34.2. The molecule has 35 heavy (non-hydrogen) atoms. The average molecular weight is 494 g/mol. The van der Waals surface area contributed by atoms with Crippen molar-refractivity contribution in [3.05, 3.63) is 12.7 Å². The van der Waals surface area contributed by atoms with Crippen LogP contribution in [-0.4, -0.2) is 121 Å². The number of rotatable bonds is 11. The van der Waals surface area contributed by atoms with Crippen molar-refractivity contribution in [2.24, 2.45) is 11.8 Å². The van der Waals surface area contributed by atoms with Crippen molar-refractivity contribution in [3.63, 3.8) is 0 Å². The first-order valence-electron chi connectivity index (χ1n) is 12.8. The van der Waals surface area contributed by atoms with Crippen molar-refractivity contribution >= 4 is 17.8 Å². The predicted molar refractivity (Wildman–Crippen MR) is 126 cm³/mol. The Bertz CT molecular complexity index is 832. The van der Waals surface area contributed by atoms with E-state index in [1.54, 1.807) is 22.8 Å². The van der Waals surface area contributed by atoms with Crippen molar-refractivity contribution in [2.45, 2.75) is 50.4 Å². The van der Waals surface area contributed by atoms with E-state index in [-0.39, 0.29) is 31.6 Å². The Morgan fingerprint density at radius 1 is 1.29 bits per heavy atom. The summed E-state index contributed by atoms with van der Waals surface area (Å²) in [6.45, 7) is 12.3. The van der Waals surface area contributed by atoms with Gasteiger partial charge in [-0.05, 0) is 33.1 Å². The fraction of sp³-hybridized carbons (Fsp3) is 0.800. The zero-order valence-electron chi connectivity index (χ0n) is 20.9. The van der Waals surface area contributed by atoms with E-state index in [9.17, 15) is 19.5 Å². The molecule has 10 heteroatoms. The zero-order valence-corrected chi connectivity index (χ0v) is 20.9. The first-order valence-corrected chi connectivity index (χ1v) is 12.8. The van der Waals surface area contributed by atoms with Gasteiger partial charge in [-0.3, -0.25) is 19.3 Å². The molecule has 0 aromatic rings. The summed E-state index contributed by atoms with van der Waals surface area (Å²) in [6.07, 6.45) is 3.13. The molecule has 1 N–H and O–H groups in total. The van der Waals surface area contributed by atoms with Crippen LogP contribution in [-0.2, 0) is 28.6 Å². The first kappa shape index (κ1) is 26.1. The fourth-order valence-corrected chi connectivity index (χ4v) is 6.48. The minimum Gasteiger partial charge on any atom is -0.466 e. The molecule has 4 saturated heterocycles. The van der Waals surface area contributed by atoms with Gasteiger partial charge in [0.15, 0.2) is 0 Å². The van der Waals surface area contributed by atoms with Crippen LogP contribution in [0.3, 0.4) is 0 Å². The van der Waals surface area contributed by atoms with E-state index in [1.165, 1.54) is 0 Å². The average Bonchev–Trinajstić information content (AvgIpc) is 3.41. The summed E-state index contributed by atoms with van der Waals surface area (Å²) >= 11 is 0. The van der Waals surface area contributed by atoms with E-state index in [0.29, 0.717) is 52.1 Å². The van der Waals surface area contributed by atoms with Crippen LogP contribution in [0.2, 0.25) is 0 Å². The Morgan fingerprint density at radius 2 is 2.03 bits per heavy atom. The molecule has 4 aliphatic heterocycles. The van der Waals surface area contributed by atoms with Crippen molar-refractivity contribution in [1.29, 1.82) is 0 Å². The van der Waals surface area contributed by atoms with Crippen LogP contribution in [0.4, 0.5) is 0 Å². The highest BCUT2D eigenvalue weighted by atomic mass is 16.6. The number of esters is 1. The van der Waals surface area contributed by atoms with Gasteiger partial charge in [0, 0.05) is 45.9 Å². The van der Waals surface area contributed by atoms with Gasteiger partial charge in [0.25, 0.3) is 0 Å². The number of carbonyl (C=O) groups is 3. The zero-order chi connectivity index (χ0) is 25.2. The van der Waals surface area contributed by atoms with Gasteiger partial charge in [-0.1, -0.05) is 6.08 Å². The van der Waals surface area contributed by atoms with E-state index >= 15 is 0 Å². The molecular weight excluding hydrogens is 454 g/mol. The van der Waals surface area contributed by atoms with Gasteiger partial charge in [0.2, 0.25) is 11.8 Å². The van der Waals surface area contributed by atoms with Crippen LogP contribution in [0.1, 0.15) is 33.1 Å². The molecule has 2 unspecified atom stereocenters. The van der Waals surface area contributed by atoms with Crippen molar-refractivity contribution in [1.82, 2.24) is 14.7 Å². The number of nitrogens with zero attached hydrogens (tertiary/aromatic N) is 3. The maximum Gasteiger partial charge on any atom is 0.312 e. The molecule has 0 saturated carbocycles. The minimum absolute atomic E-state index is 0.102. The molecule has 10 nitrogen and oxygen atoms in total. The molecule has 4 aliphatic rings. The second-order valence-electron chi connectivity index (χ2n) is 10.1. The highest BCUT2D eigenvalue weighted by molar-refractivity contribution is 5.98. The molecule has 0 aliphatic carbocycles. The van der Waals surface area contributed by atoms with Crippen molar-refractivity contribution < 1.29 is 33.7 Å². The number of fused-ring (bicyclic) bond motifs is 1. The maximum absolute atomic E-state index is 14.1. The van der Waals surface area contributed by atoms with E-state index in [4.69, 9.17) is 14.2 Å². The summed E-state index contributed by atoms with van der Waals surface area (Å²) in [7, 11) is 0. The topological polar surface area (TPSA) is 109 Å². The van der Waals surface area contributed by atoms with Crippen molar-refractivity contribution in [2.75, 3.05) is 65.7 Å². The summed E-state index contributed by atoms with van der Waals surface area (Å²) in [5.74, 6) is -2.41. The van der Waals surface area contributed by atoms with Crippen LogP contribution in [0.25, 0.3) is 0 Å². The standard InChI is InChI=1S/C25H39N3O7/c1-4-9-27(12-11-26-13-16-33-17-14-26)22(31)20-25-8-7-24(3,35-25)19(23(32)34-5-2)18(25)21(30)28(20)10-6-15-29/h4,18-20,29H,1,5-17H2,2-3H3/t18-,19+,20?,24-,25?/m0/s1. The number of aliphatic hydroxyl groups excluding tert-OH is 1. The van der Waals surface area contributed by atoms with E-state index in [2.05, 4.69) is 11.5 Å². The third-order valence-corrected chi connectivity index (χ3v) is 8.06. The molecule has 196 valence electrons. The van der Waals surface area contributed by atoms with Gasteiger partial charge < -0.3 is 29.1 Å². The van der Waals surface area contributed by atoms with Crippen LogP contribution >= 0.6 is 0 Å². The fourth-order valence-electron chi connectivity index (χ4n) is 6.48. The molecule has 4 fully saturated rings. The summed E-state index contributed by atoms with van der Waals surface area (Å²) < 4.78 is 17.3. The van der Waals surface area contributed by atoms with E-state index < -0.39 is 35.0 Å². The lowest BCUT2D eigenvalue weighted by molar-refractivity contribution is -0.160. The van der Waals surface area contributed by atoms with Gasteiger partial charge >= 0.3 is 5.97 Å². The summed E-state index contributed by atoms with van der Waals surface area (Å²) in [5.41, 5.74) is -1.92. The number of aliphatic hydroxyl groups is 1. The molecular formula is C25H39N3O7. The Balaban J connectivity index is 1.64. The molecule has 2 amide bonds. The maximum atomic E-state index is 14.1. The quantitative estimate of drug-likeness (QED) is 0.318. The number of amides is 2. The van der Waals surface area contributed by atoms with Gasteiger partial charge in [-0.15, -0.1) is 6.58 Å². The molecule has 0 aromatic heterocycles. The van der Waals surface area contributed by atoms with Gasteiger partial charge in [-0.2, -0.15) is 0 Å². The Kier molecular flexibility index (Phi) is 7.85. The van der Waals surface area contributed by atoms with Gasteiger partial charge in [0.1, 0.15) is 17.6 Å². The third-order valence-electron chi connectivity index (χ3n) is 8.06. The smallest absolute Gasteiger partial charge is 0.312 e. The monoisotopic (exact) mass is 493 g/mol. The number of carbonyl (C=O) groups excluding carboxylic acids is 3. The highest BCUT2D eigenvalue weighted by Gasteiger charge is 2.78. The Morgan fingerprint density at radius 3 is 2.69 bits per heavy atom. The van der Waals surface area contributed by atoms with Gasteiger partial charge in [-0.25, -0.2) is 0 Å². The molecule has 5 atom stereocenters. The lowest BCUT2D eigenvalue weighted by Crippen LogP contribution is -2.57. The lowest BCUT2D eigenvalue weighted by Gasteiger charge is -2.37. The van der Waals surface area contributed by atoms with E-state index in [1.807, 2.05) is 6.92 Å². The summed E-state index contributed by atoms with van der Waals surface area (Å²) in [4.78, 5) is 46.5. The summed E-state index contributed by atoms with van der Waals surface area (Å²) in [6, 6.07) is -0.850. The number of ether oxygens (including phenoxy) is 3. The van der Waals surface area contributed by atoms with Crippen LogP contribution in [0.5, 0.6) is 0 Å². The summed E-state index contributed by atoms with van der Waals surface area (Å²) in [5, 5.41) is 9.48. The van der Waals surface area contributed by atoms with Crippen LogP contribution in [0.15, 0.2) is 12.7 Å². The number of hydrogen-bond acceptors (Lipinski definition) is 8. The second kappa shape index (κ2) is 10.5. The molecule has 4 heterocycles. The Hall–Kier alpha value is -2.01. The highest BCUT2D eigenvalue weighted by Crippen LogP contribution is 2.63. The van der Waals surface area contributed by atoms with Gasteiger partial charge in [0.05, 0.1) is 31.3 Å². The molecule has 2 bridgehead atoms. The van der Waals surface area contributed by atoms with Crippen molar-refractivity contribution in [3.8, 4) is 0 Å². The van der Waals surface area contributed by atoms with Crippen LogP contribution < -0.4 is 0 Å². The van der Waals surface area contributed by atoms with E-state index in [0.717, 1.165) is 13.1 Å². The number of morpholine rings is 1. The second-order valence-corrected chi connectivity index (χ2v) is 10.1.